The molecule has 0 aromatic heterocycles. The van der Waals surface area contributed by atoms with Crippen molar-refractivity contribution < 1.29 is 4.74 Å². The van der Waals surface area contributed by atoms with E-state index in [0.29, 0.717) is 11.5 Å². The molecule has 4 fully saturated rings. The quantitative estimate of drug-likeness (QED) is 0.890. The molecule has 20 heavy (non-hydrogen) atoms. The lowest BCUT2D eigenvalue weighted by atomic mass is 9.46. The van der Waals surface area contributed by atoms with Crippen LogP contribution in [0.2, 0.25) is 0 Å². The van der Waals surface area contributed by atoms with E-state index >= 15 is 0 Å². The maximum absolute atomic E-state index is 6.46. The Bertz CT molecular complexity index is 528. The number of ether oxygens (including phenoxy) is 1. The molecule has 4 aliphatic rings. The summed E-state index contributed by atoms with van der Waals surface area (Å²) in [7, 11) is 1.79. The molecule has 2 nitrogen and oxygen atoms in total. The van der Waals surface area contributed by atoms with Crippen molar-refractivity contribution in [3.05, 3.63) is 28.2 Å². The second-order valence-electron chi connectivity index (χ2n) is 7.17. The molecule has 5 rings (SSSR count). The minimum atomic E-state index is 0.321. The largest absolute Gasteiger partial charge is 0.496 e. The first kappa shape index (κ1) is 13.1. The SMILES string of the molecule is COc1ccc(Br)cc1C12CC3CC(C1)C(N)C(C3)C2. The van der Waals surface area contributed by atoms with Gasteiger partial charge >= 0.3 is 0 Å². The Labute approximate surface area is 129 Å². The number of rotatable bonds is 2. The average Bonchev–Trinajstić information content (AvgIpc) is 2.43. The van der Waals surface area contributed by atoms with Gasteiger partial charge < -0.3 is 10.5 Å². The summed E-state index contributed by atoms with van der Waals surface area (Å²) in [6.45, 7) is 0. The monoisotopic (exact) mass is 335 g/mol. The number of nitrogens with two attached hydrogens (primary N) is 1. The highest BCUT2D eigenvalue weighted by Gasteiger charge is 2.55. The van der Waals surface area contributed by atoms with E-state index in [1.54, 1.807) is 7.11 Å². The average molecular weight is 336 g/mol. The summed E-state index contributed by atoms with van der Waals surface area (Å²) in [4.78, 5) is 0. The molecule has 3 heteroatoms. The summed E-state index contributed by atoms with van der Waals surface area (Å²) in [6, 6.07) is 6.92. The van der Waals surface area contributed by atoms with Gasteiger partial charge in [-0.1, -0.05) is 15.9 Å². The summed E-state index contributed by atoms with van der Waals surface area (Å²) >= 11 is 3.64. The normalized spacial score (nSPS) is 42.0. The van der Waals surface area contributed by atoms with E-state index in [-0.39, 0.29) is 0 Å². The molecule has 4 saturated carbocycles. The molecule has 0 radical (unpaired) electrons. The Morgan fingerprint density at radius 2 is 1.90 bits per heavy atom. The Morgan fingerprint density at radius 1 is 1.20 bits per heavy atom. The highest BCUT2D eigenvalue weighted by molar-refractivity contribution is 9.10. The second-order valence-corrected chi connectivity index (χ2v) is 8.09. The Balaban J connectivity index is 1.80. The summed E-state index contributed by atoms with van der Waals surface area (Å²) < 4.78 is 6.83. The van der Waals surface area contributed by atoms with Crippen LogP contribution in [0.25, 0.3) is 0 Å². The molecular weight excluding hydrogens is 314 g/mol. The molecule has 2 unspecified atom stereocenters. The summed E-state index contributed by atoms with van der Waals surface area (Å²) in [5.74, 6) is 3.40. The molecule has 2 N–H and O–H groups in total. The smallest absolute Gasteiger partial charge is 0.122 e. The Hall–Kier alpha value is -0.540. The summed E-state index contributed by atoms with van der Waals surface area (Å²) in [5.41, 5.74) is 8.20. The van der Waals surface area contributed by atoms with E-state index in [4.69, 9.17) is 10.5 Å². The first-order valence-electron chi connectivity index (χ1n) is 7.71. The highest BCUT2D eigenvalue weighted by Crippen LogP contribution is 2.61. The van der Waals surface area contributed by atoms with Crippen molar-refractivity contribution in [2.45, 2.75) is 43.6 Å². The molecular formula is C17H22BrNO. The fourth-order valence-corrected chi connectivity index (χ4v) is 5.85. The highest BCUT2D eigenvalue weighted by atomic mass is 79.9. The zero-order valence-corrected chi connectivity index (χ0v) is 13.5. The van der Waals surface area contributed by atoms with Gasteiger partial charge in [-0.2, -0.15) is 0 Å². The van der Waals surface area contributed by atoms with Gasteiger partial charge in [0.2, 0.25) is 0 Å². The van der Waals surface area contributed by atoms with E-state index in [2.05, 4.69) is 34.1 Å². The first-order chi connectivity index (χ1) is 9.61. The molecule has 1 aromatic rings. The maximum Gasteiger partial charge on any atom is 0.122 e. The topological polar surface area (TPSA) is 35.2 Å². The molecule has 108 valence electrons. The van der Waals surface area contributed by atoms with Gasteiger partial charge in [0.1, 0.15) is 5.75 Å². The van der Waals surface area contributed by atoms with Crippen molar-refractivity contribution in [3.63, 3.8) is 0 Å². The standard InChI is InChI=1S/C17H22BrNO/c1-20-15-3-2-13(18)6-14(15)17-7-10-4-11(8-17)16(19)12(5-10)9-17/h2-3,6,10-12,16H,4-5,7-9,19H2,1H3. The van der Waals surface area contributed by atoms with E-state index in [1.165, 1.54) is 37.7 Å². The second kappa shape index (κ2) is 4.48. The number of benzene rings is 1. The fourth-order valence-electron chi connectivity index (χ4n) is 5.49. The van der Waals surface area contributed by atoms with Gasteiger partial charge in [0.25, 0.3) is 0 Å². The number of hydrogen-bond acceptors (Lipinski definition) is 2. The van der Waals surface area contributed by atoms with Crippen LogP contribution in [0, 0.1) is 17.8 Å². The number of hydrogen-bond donors (Lipinski definition) is 1. The van der Waals surface area contributed by atoms with Crippen molar-refractivity contribution in [3.8, 4) is 5.75 Å². The van der Waals surface area contributed by atoms with Gasteiger partial charge in [0.05, 0.1) is 7.11 Å². The van der Waals surface area contributed by atoms with Gasteiger partial charge in [-0.05, 0) is 73.5 Å². The van der Waals surface area contributed by atoms with Crippen LogP contribution in [-0.4, -0.2) is 13.2 Å². The van der Waals surface area contributed by atoms with Gasteiger partial charge in [-0.3, -0.25) is 0 Å². The molecule has 1 aromatic carbocycles. The Morgan fingerprint density at radius 3 is 2.55 bits per heavy atom. The zero-order chi connectivity index (χ0) is 13.9. The van der Waals surface area contributed by atoms with Crippen LogP contribution >= 0.6 is 15.9 Å². The van der Waals surface area contributed by atoms with Crippen LogP contribution in [0.4, 0.5) is 0 Å². The minimum absolute atomic E-state index is 0.321. The van der Waals surface area contributed by atoms with Crippen LogP contribution in [0.15, 0.2) is 22.7 Å². The maximum atomic E-state index is 6.46. The van der Waals surface area contributed by atoms with Gasteiger partial charge in [-0.25, -0.2) is 0 Å². The van der Waals surface area contributed by atoms with E-state index in [1.807, 2.05) is 0 Å². The number of halogens is 1. The van der Waals surface area contributed by atoms with Gasteiger partial charge in [0.15, 0.2) is 0 Å². The number of methoxy groups -OCH3 is 1. The lowest BCUT2D eigenvalue weighted by Crippen LogP contribution is -2.58. The van der Waals surface area contributed by atoms with Crippen LogP contribution in [-0.2, 0) is 5.41 Å². The molecule has 4 aliphatic carbocycles. The van der Waals surface area contributed by atoms with E-state index < -0.39 is 0 Å². The lowest BCUT2D eigenvalue weighted by molar-refractivity contribution is -0.0234. The zero-order valence-electron chi connectivity index (χ0n) is 11.9. The summed E-state index contributed by atoms with van der Waals surface area (Å²) in [6.07, 6.45) is 6.56. The lowest BCUT2D eigenvalue weighted by Gasteiger charge is -2.59. The van der Waals surface area contributed by atoms with Gasteiger partial charge in [0, 0.05) is 16.1 Å². The molecule has 2 atom stereocenters. The van der Waals surface area contributed by atoms with Crippen molar-refractivity contribution in [1.82, 2.24) is 0 Å². The molecule has 0 heterocycles. The molecule has 0 aliphatic heterocycles. The predicted octanol–water partition coefficient (Wildman–Crippen LogP) is 3.86. The molecule has 4 bridgehead atoms. The Kier molecular flexibility index (Phi) is 2.94. The van der Waals surface area contributed by atoms with Crippen molar-refractivity contribution in [1.29, 1.82) is 0 Å². The van der Waals surface area contributed by atoms with Crippen molar-refractivity contribution in [2.24, 2.45) is 23.5 Å². The first-order valence-corrected chi connectivity index (χ1v) is 8.50. The predicted molar refractivity (Wildman–Crippen MR) is 83.9 cm³/mol. The van der Waals surface area contributed by atoms with Crippen LogP contribution in [0.1, 0.15) is 37.7 Å². The molecule has 0 amide bonds. The fraction of sp³-hybridized carbons (Fsp3) is 0.647. The van der Waals surface area contributed by atoms with E-state index in [9.17, 15) is 0 Å². The molecule has 0 saturated heterocycles. The van der Waals surface area contributed by atoms with Gasteiger partial charge in [-0.15, -0.1) is 0 Å². The third-order valence-electron chi connectivity index (χ3n) is 6.08. The van der Waals surface area contributed by atoms with Crippen LogP contribution in [0.3, 0.4) is 0 Å². The van der Waals surface area contributed by atoms with Crippen molar-refractivity contribution in [2.75, 3.05) is 7.11 Å². The summed E-state index contributed by atoms with van der Waals surface area (Å²) in [5, 5.41) is 0. The third kappa shape index (κ3) is 1.79. The van der Waals surface area contributed by atoms with Crippen LogP contribution < -0.4 is 10.5 Å². The van der Waals surface area contributed by atoms with E-state index in [0.717, 1.165) is 28.0 Å². The minimum Gasteiger partial charge on any atom is -0.496 e. The third-order valence-corrected chi connectivity index (χ3v) is 6.57. The molecule has 0 spiro atoms. The van der Waals surface area contributed by atoms with Crippen LogP contribution in [0.5, 0.6) is 5.75 Å². The van der Waals surface area contributed by atoms with Crippen molar-refractivity contribution >= 4 is 15.9 Å².